The Kier molecular flexibility index (Phi) is 5.69. The minimum Gasteiger partial charge on any atom is -0.351 e. The summed E-state index contributed by atoms with van der Waals surface area (Å²) in [4.78, 5) is 15.1. The van der Waals surface area contributed by atoms with Gasteiger partial charge in [-0.05, 0) is 62.9 Å². The Balaban J connectivity index is 1.62. The maximum Gasteiger partial charge on any atom is 0.243 e. The Hall–Kier alpha value is -1.44. The van der Waals surface area contributed by atoms with Crippen LogP contribution in [0, 0.1) is 13.8 Å². The molecule has 0 aromatic heterocycles. The van der Waals surface area contributed by atoms with Crippen LogP contribution in [0.4, 0.5) is 0 Å². The first kappa shape index (κ1) is 19.3. The second-order valence-electron chi connectivity index (χ2n) is 7.57. The highest BCUT2D eigenvalue weighted by Crippen LogP contribution is 2.27. The van der Waals surface area contributed by atoms with Crippen molar-refractivity contribution in [3.63, 3.8) is 0 Å². The van der Waals surface area contributed by atoms with Gasteiger partial charge in [-0.25, -0.2) is 8.42 Å². The molecule has 1 aromatic carbocycles. The summed E-state index contributed by atoms with van der Waals surface area (Å²) in [5.41, 5.74) is 1.97. The van der Waals surface area contributed by atoms with Crippen LogP contribution in [-0.2, 0) is 14.8 Å². The van der Waals surface area contributed by atoms with Gasteiger partial charge in [-0.15, -0.1) is 0 Å². The third-order valence-electron chi connectivity index (χ3n) is 5.76. The summed E-state index contributed by atoms with van der Waals surface area (Å²) in [6.07, 6.45) is 4.49. The number of hydrogen-bond donors (Lipinski definition) is 1. The molecule has 1 N–H and O–H groups in total. The number of carbonyl (C=O) groups is 1. The summed E-state index contributed by atoms with van der Waals surface area (Å²) >= 11 is 0. The number of benzene rings is 1. The van der Waals surface area contributed by atoms with Gasteiger partial charge in [-0.1, -0.05) is 12.5 Å². The highest BCUT2D eigenvalue weighted by molar-refractivity contribution is 7.89. The molecule has 0 saturated carbocycles. The number of nitrogens with one attached hydrogen (secondary N) is 1. The normalized spacial score (nSPS) is 23.8. The Morgan fingerprint density at radius 1 is 1.19 bits per heavy atom. The van der Waals surface area contributed by atoms with E-state index in [2.05, 4.69) is 10.2 Å². The Bertz CT molecular complexity index is 778. The number of piperidine rings is 1. The molecule has 3 rings (SSSR count). The smallest absolute Gasteiger partial charge is 0.243 e. The maximum absolute atomic E-state index is 12.7. The molecule has 2 heterocycles. The van der Waals surface area contributed by atoms with Crippen molar-refractivity contribution < 1.29 is 13.2 Å². The molecule has 6 nitrogen and oxygen atoms in total. The lowest BCUT2D eigenvalue weighted by Crippen LogP contribution is -2.49. The van der Waals surface area contributed by atoms with E-state index in [-0.39, 0.29) is 23.4 Å². The van der Waals surface area contributed by atoms with E-state index in [1.807, 2.05) is 13.8 Å². The zero-order valence-corrected chi connectivity index (χ0v) is 16.7. The van der Waals surface area contributed by atoms with Crippen molar-refractivity contribution >= 4 is 15.9 Å². The fourth-order valence-corrected chi connectivity index (χ4v) is 5.22. The van der Waals surface area contributed by atoms with E-state index in [0.717, 1.165) is 41.4 Å². The fourth-order valence-electron chi connectivity index (χ4n) is 4.01. The summed E-state index contributed by atoms with van der Waals surface area (Å²) in [5.74, 6) is -0.225. The highest BCUT2D eigenvalue weighted by atomic mass is 32.2. The number of nitrogens with zero attached hydrogens (tertiary/aromatic N) is 2. The third kappa shape index (κ3) is 3.94. The van der Waals surface area contributed by atoms with Gasteiger partial charge in [0.2, 0.25) is 15.9 Å². The molecule has 0 aliphatic carbocycles. The zero-order valence-electron chi connectivity index (χ0n) is 15.9. The van der Waals surface area contributed by atoms with Crippen LogP contribution >= 0.6 is 0 Å². The van der Waals surface area contributed by atoms with Crippen LogP contribution in [0.2, 0.25) is 0 Å². The lowest BCUT2D eigenvalue weighted by atomic mass is 9.99. The minimum absolute atomic E-state index is 0.139. The minimum atomic E-state index is -3.67. The average Bonchev–Trinajstić information content (AvgIpc) is 3.00. The molecule has 26 heavy (non-hydrogen) atoms. The standard InChI is InChI=1S/C19H29N3O3S/c1-14-7-8-16(12-15(14)2)26(24,25)21(3)13-19(23)20-17-9-11-22-10-5-4-6-18(17)22/h7-8,12,17-18H,4-6,9-11,13H2,1-3H3,(H,20,23)/t17-,18+/m0/s1. The van der Waals surface area contributed by atoms with Crippen molar-refractivity contribution in [3.8, 4) is 0 Å². The number of hydrogen-bond acceptors (Lipinski definition) is 4. The van der Waals surface area contributed by atoms with Gasteiger partial charge in [-0.3, -0.25) is 9.69 Å². The van der Waals surface area contributed by atoms with E-state index >= 15 is 0 Å². The van der Waals surface area contributed by atoms with Gasteiger partial charge >= 0.3 is 0 Å². The molecule has 2 atom stereocenters. The number of rotatable bonds is 5. The number of aryl methyl sites for hydroxylation is 2. The van der Waals surface area contributed by atoms with Crippen molar-refractivity contribution in [1.29, 1.82) is 0 Å². The van der Waals surface area contributed by atoms with Crippen LogP contribution in [0.25, 0.3) is 0 Å². The number of amides is 1. The summed E-state index contributed by atoms with van der Waals surface area (Å²) in [7, 11) is -2.20. The van der Waals surface area contributed by atoms with Gasteiger partial charge in [0.25, 0.3) is 0 Å². The molecule has 144 valence electrons. The summed E-state index contributed by atoms with van der Waals surface area (Å²) in [6.45, 7) is 5.80. The van der Waals surface area contributed by atoms with Gasteiger partial charge < -0.3 is 5.32 Å². The quantitative estimate of drug-likeness (QED) is 0.845. The first-order valence-electron chi connectivity index (χ1n) is 9.36. The number of likely N-dealkylation sites (N-methyl/N-ethyl adjacent to an activating group) is 1. The van der Waals surface area contributed by atoms with Crippen molar-refractivity contribution in [1.82, 2.24) is 14.5 Å². The van der Waals surface area contributed by atoms with Crippen LogP contribution in [-0.4, -0.2) is 62.3 Å². The van der Waals surface area contributed by atoms with Gasteiger partial charge in [-0.2, -0.15) is 4.31 Å². The molecular weight excluding hydrogens is 350 g/mol. The van der Waals surface area contributed by atoms with Crippen molar-refractivity contribution in [3.05, 3.63) is 29.3 Å². The first-order chi connectivity index (χ1) is 12.3. The molecule has 2 aliphatic rings. The fraction of sp³-hybridized carbons (Fsp3) is 0.632. The van der Waals surface area contributed by atoms with Crippen LogP contribution in [0.1, 0.15) is 36.8 Å². The zero-order chi connectivity index (χ0) is 18.9. The molecule has 0 spiro atoms. The molecule has 0 bridgehead atoms. The Morgan fingerprint density at radius 3 is 2.69 bits per heavy atom. The second kappa shape index (κ2) is 7.66. The SMILES string of the molecule is Cc1ccc(S(=O)(=O)N(C)CC(=O)N[C@H]2CCN3CCCC[C@H]23)cc1C. The van der Waals surface area contributed by atoms with Crippen molar-refractivity contribution in [2.45, 2.75) is 56.5 Å². The van der Waals surface area contributed by atoms with E-state index in [9.17, 15) is 13.2 Å². The van der Waals surface area contributed by atoms with Gasteiger partial charge in [0.1, 0.15) is 0 Å². The van der Waals surface area contributed by atoms with Crippen molar-refractivity contribution in [2.75, 3.05) is 26.7 Å². The number of carbonyl (C=O) groups excluding carboxylic acids is 1. The Labute approximate surface area is 156 Å². The monoisotopic (exact) mass is 379 g/mol. The summed E-state index contributed by atoms with van der Waals surface area (Å²) in [6, 6.07) is 5.61. The van der Waals surface area contributed by atoms with E-state index in [1.165, 1.54) is 19.9 Å². The van der Waals surface area contributed by atoms with Crippen molar-refractivity contribution in [2.24, 2.45) is 0 Å². The lowest BCUT2D eigenvalue weighted by molar-refractivity contribution is -0.122. The highest BCUT2D eigenvalue weighted by Gasteiger charge is 2.36. The topological polar surface area (TPSA) is 69.7 Å². The van der Waals surface area contributed by atoms with E-state index < -0.39 is 10.0 Å². The number of fused-ring (bicyclic) bond motifs is 1. The van der Waals surface area contributed by atoms with Crippen LogP contribution in [0.3, 0.4) is 0 Å². The van der Waals surface area contributed by atoms with Gasteiger partial charge in [0, 0.05) is 25.7 Å². The Morgan fingerprint density at radius 2 is 1.96 bits per heavy atom. The molecule has 1 amide bonds. The first-order valence-corrected chi connectivity index (χ1v) is 10.8. The largest absolute Gasteiger partial charge is 0.351 e. The van der Waals surface area contributed by atoms with Crippen LogP contribution in [0.15, 0.2) is 23.1 Å². The average molecular weight is 380 g/mol. The van der Waals surface area contributed by atoms with Gasteiger partial charge in [0.15, 0.2) is 0 Å². The second-order valence-corrected chi connectivity index (χ2v) is 9.61. The van der Waals surface area contributed by atoms with Crippen LogP contribution in [0.5, 0.6) is 0 Å². The van der Waals surface area contributed by atoms with Crippen LogP contribution < -0.4 is 5.32 Å². The molecule has 2 fully saturated rings. The molecule has 1 aromatic rings. The molecule has 7 heteroatoms. The predicted molar refractivity (Wildman–Crippen MR) is 101 cm³/mol. The predicted octanol–water partition coefficient (Wildman–Crippen LogP) is 1.67. The molecule has 2 saturated heterocycles. The number of sulfonamides is 1. The lowest BCUT2D eigenvalue weighted by Gasteiger charge is -2.32. The molecule has 0 radical (unpaired) electrons. The maximum atomic E-state index is 12.7. The molecule has 2 aliphatic heterocycles. The summed E-state index contributed by atoms with van der Waals surface area (Å²) in [5, 5.41) is 3.07. The van der Waals surface area contributed by atoms with Gasteiger partial charge in [0.05, 0.1) is 11.4 Å². The van der Waals surface area contributed by atoms with E-state index in [1.54, 1.807) is 18.2 Å². The van der Waals surface area contributed by atoms with E-state index in [0.29, 0.717) is 6.04 Å². The molecule has 0 unspecified atom stereocenters. The molecular formula is C19H29N3O3S. The summed E-state index contributed by atoms with van der Waals surface area (Å²) < 4.78 is 26.6. The third-order valence-corrected chi connectivity index (χ3v) is 7.55. The van der Waals surface area contributed by atoms with E-state index in [4.69, 9.17) is 0 Å².